The van der Waals surface area contributed by atoms with Crippen LogP contribution in [0.5, 0.6) is 0 Å². The van der Waals surface area contributed by atoms with Gasteiger partial charge in [0, 0.05) is 0 Å². The Labute approximate surface area is 87.7 Å². The smallest absolute Gasteiger partial charge is 0.0200 e. The molecule has 0 amide bonds. The van der Waals surface area contributed by atoms with E-state index in [-0.39, 0.29) is 5.41 Å². The lowest BCUT2D eigenvalue weighted by molar-refractivity contribution is 0.547. The summed E-state index contributed by atoms with van der Waals surface area (Å²) < 4.78 is 0. The van der Waals surface area contributed by atoms with Crippen LogP contribution in [-0.2, 0) is 0 Å². The molecule has 0 atom stereocenters. The Morgan fingerprint density at radius 1 is 1.07 bits per heavy atom. The van der Waals surface area contributed by atoms with Crippen LogP contribution >= 0.6 is 0 Å². The molecule has 0 aliphatic heterocycles. The molecule has 0 aromatic heterocycles. The zero-order valence-electron chi connectivity index (χ0n) is 9.89. The Balaban J connectivity index is 2.97. The third-order valence-corrected chi connectivity index (χ3v) is 2.20. The van der Waals surface area contributed by atoms with Gasteiger partial charge in [0.15, 0.2) is 0 Å². The Morgan fingerprint density at radius 2 is 1.71 bits per heavy atom. The Hall–Kier alpha value is -1.04. The second kappa shape index (κ2) is 4.00. The van der Waals surface area contributed by atoms with Crippen LogP contribution in [0.3, 0.4) is 0 Å². The first kappa shape index (κ1) is 11.0. The molecular formula is C14H20. The van der Waals surface area contributed by atoms with Crippen molar-refractivity contribution in [3.05, 3.63) is 41.0 Å². The number of hydrogen-bond acceptors (Lipinski definition) is 0. The fourth-order valence-corrected chi connectivity index (χ4v) is 1.28. The van der Waals surface area contributed by atoms with E-state index in [1.54, 1.807) is 0 Å². The van der Waals surface area contributed by atoms with Crippen molar-refractivity contribution >= 4 is 6.08 Å². The van der Waals surface area contributed by atoms with Crippen LogP contribution in [0.15, 0.2) is 24.3 Å². The van der Waals surface area contributed by atoms with Gasteiger partial charge < -0.3 is 0 Å². The van der Waals surface area contributed by atoms with Gasteiger partial charge in [-0.1, -0.05) is 56.7 Å². The molecule has 0 nitrogen and oxygen atoms in total. The Kier molecular flexibility index (Phi) is 3.15. The number of benzene rings is 1. The quantitative estimate of drug-likeness (QED) is 0.614. The standard InChI is InChI=1S/C14H20/c1-11-6-7-12(2)13(10-11)8-9-14(3,4)5/h6-10H,1-5H3/b9-8+. The average molecular weight is 188 g/mol. The molecule has 1 aromatic carbocycles. The highest BCUT2D eigenvalue weighted by molar-refractivity contribution is 5.55. The fourth-order valence-electron chi connectivity index (χ4n) is 1.28. The van der Waals surface area contributed by atoms with E-state index in [1.807, 2.05) is 0 Å². The molecule has 0 bridgehead atoms. The highest BCUT2D eigenvalue weighted by atomic mass is 14.1. The Morgan fingerprint density at radius 3 is 2.29 bits per heavy atom. The molecule has 0 aliphatic rings. The molecule has 0 heterocycles. The normalized spacial score (nSPS) is 12.4. The highest BCUT2D eigenvalue weighted by Gasteiger charge is 2.04. The predicted octanol–water partition coefficient (Wildman–Crippen LogP) is 4.36. The van der Waals surface area contributed by atoms with E-state index < -0.39 is 0 Å². The topological polar surface area (TPSA) is 0 Å². The SMILES string of the molecule is Cc1ccc(C)c(/C=C/C(C)(C)C)c1. The predicted molar refractivity (Wildman–Crippen MR) is 64.4 cm³/mol. The van der Waals surface area contributed by atoms with Gasteiger partial charge in [-0.3, -0.25) is 0 Å². The first-order valence-corrected chi connectivity index (χ1v) is 5.15. The van der Waals surface area contributed by atoms with Gasteiger partial charge >= 0.3 is 0 Å². The van der Waals surface area contributed by atoms with E-state index >= 15 is 0 Å². The van der Waals surface area contributed by atoms with Crippen LogP contribution in [0, 0.1) is 19.3 Å². The summed E-state index contributed by atoms with van der Waals surface area (Å²) in [5.41, 5.74) is 4.26. The third-order valence-electron chi connectivity index (χ3n) is 2.20. The molecule has 0 radical (unpaired) electrons. The summed E-state index contributed by atoms with van der Waals surface area (Å²) in [5.74, 6) is 0. The van der Waals surface area contributed by atoms with Gasteiger partial charge in [0.1, 0.15) is 0 Å². The maximum absolute atomic E-state index is 2.26. The average Bonchev–Trinajstić information content (AvgIpc) is 2.05. The summed E-state index contributed by atoms with van der Waals surface area (Å²) in [6, 6.07) is 6.57. The molecule has 0 unspecified atom stereocenters. The molecule has 76 valence electrons. The van der Waals surface area contributed by atoms with Crippen molar-refractivity contribution in [1.82, 2.24) is 0 Å². The van der Waals surface area contributed by atoms with Crippen molar-refractivity contribution in [2.75, 3.05) is 0 Å². The van der Waals surface area contributed by atoms with Gasteiger partial charge in [0.05, 0.1) is 0 Å². The first-order chi connectivity index (χ1) is 6.38. The van der Waals surface area contributed by atoms with Crippen molar-refractivity contribution in [3.63, 3.8) is 0 Å². The molecule has 0 saturated carbocycles. The minimum atomic E-state index is 0.260. The molecular weight excluding hydrogens is 168 g/mol. The van der Waals surface area contributed by atoms with Gasteiger partial charge in [-0.2, -0.15) is 0 Å². The maximum Gasteiger partial charge on any atom is -0.0200 e. The van der Waals surface area contributed by atoms with Crippen molar-refractivity contribution in [2.24, 2.45) is 5.41 Å². The molecule has 14 heavy (non-hydrogen) atoms. The summed E-state index contributed by atoms with van der Waals surface area (Å²) in [6.45, 7) is 10.9. The monoisotopic (exact) mass is 188 g/mol. The molecule has 0 fully saturated rings. The summed E-state index contributed by atoms with van der Waals surface area (Å²) in [7, 11) is 0. The van der Waals surface area contributed by atoms with Crippen molar-refractivity contribution in [1.29, 1.82) is 0 Å². The molecule has 1 aromatic rings. The number of rotatable bonds is 1. The van der Waals surface area contributed by atoms with Crippen LogP contribution in [0.2, 0.25) is 0 Å². The molecule has 0 saturated heterocycles. The van der Waals surface area contributed by atoms with Crippen LogP contribution in [0.4, 0.5) is 0 Å². The number of allylic oxidation sites excluding steroid dienone is 1. The lowest BCUT2D eigenvalue weighted by atomic mass is 9.94. The van der Waals surface area contributed by atoms with Gasteiger partial charge in [0.2, 0.25) is 0 Å². The van der Waals surface area contributed by atoms with Crippen LogP contribution in [0.25, 0.3) is 6.08 Å². The zero-order valence-corrected chi connectivity index (χ0v) is 9.89. The minimum absolute atomic E-state index is 0.260. The van der Waals surface area contributed by atoms with Crippen LogP contribution < -0.4 is 0 Å². The van der Waals surface area contributed by atoms with E-state index in [4.69, 9.17) is 0 Å². The summed E-state index contributed by atoms with van der Waals surface area (Å²) in [5, 5.41) is 0. The zero-order chi connectivity index (χ0) is 10.8. The van der Waals surface area contributed by atoms with Gasteiger partial charge in [-0.15, -0.1) is 0 Å². The number of hydrogen-bond donors (Lipinski definition) is 0. The van der Waals surface area contributed by atoms with Crippen molar-refractivity contribution in [3.8, 4) is 0 Å². The van der Waals surface area contributed by atoms with E-state index in [0.29, 0.717) is 0 Å². The summed E-state index contributed by atoms with van der Waals surface area (Å²) >= 11 is 0. The van der Waals surface area contributed by atoms with E-state index in [0.717, 1.165) is 0 Å². The molecule has 0 heteroatoms. The van der Waals surface area contributed by atoms with E-state index in [2.05, 4.69) is 65.0 Å². The fraction of sp³-hybridized carbons (Fsp3) is 0.429. The van der Waals surface area contributed by atoms with Crippen LogP contribution in [-0.4, -0.2) is 0 Å². The van der Waals surface area contributed by atoms with Gasteiger partial charge in [-0.05, 0) is 30.4 Å². The van der Waals surface area contributed by atoms with E-state index in [9.17, 15) is 0 Å². The number of aryl methyl sites for hydroxylation is 2. The van der Waals surface area contributed by atoms with Crippen molar-refractivity contribution in [2.45, 2.75) is 34.6 Å². The van der Waals surface area contributed by atoms with Gasteiger partial charge in [0.25, 0.3) is 0 Å². The van der Waals surface area contributed by atoms with Crippen molar-refractivity contribution < 1.29 is 0 Å². The highest BCUT2D eigenvalue weighted by Crippen LogP contribution is 2.19. The first-order valence-electron chi connectivity index (χ1n) is 5.15. The van der Waals surface area contributed by atoms with E-state index in [1.165, 1.54) is 16.7 Å². The molecule has 0 N–H and O–H groups in total. The molecule has 0 spiro atoms. The molecule has 1 rings (SSSR count). The minimum Gasteiger partial charge on any atom is -0.0785 e. The van der Waals surface area contributed by atoms with Gasteiger partial charge in [-0.25, -0.2) is 0 Å². The lowest BCUT2D eigenvalue weighted by Gasteiger charge is -2.11. The molecule has 0 aliphatic carbocycles. The second-order valence-corrected chi connectivity index (χ2v) is 5.06. The van der Waals surface area contributed by atoms with Crippen LogP contribution in [0.1, 0.15) is 37.5 Å². The Bertz CT molecular complexity index is 338. The summed E-state index contributed by atoms with van der Waals surface area (Å²) in [6.07, 6.45) is 4.48. The maximum atomic E-state index is 2.26. The summed E-state index contributed by atoms with van der Waals surface area (Å²) in [4.78, 5) is 0. The second-order valence-electron chi connectivity index (χ2n) is 5.06. The third kappa shape index (κ3) is 3.37. The lowest BCUT2D eigenvalue weighted by Crippen LogP contribution is -1.98. The largest absolute Gasteiger partial charge is 0.0785 e.